The smallest absolute Gasteiger partial charge is 0.253 e. The van der Waals surface area contributed by atoms with Crippen LogP contribution in [0, 0.1) is 12.3 Å². The molecule has 1 aliphatic heterocycles. The second-order valence-electron chi connectivity index (χ2n) is 8.46. The molecule has 1 N–H and O–H groups in total. The fourth-order valence-corrected chi connectivity index (χ4v) is 3.15. The first-order valence-corrected chi connectivity index (χ1v) is 7.84. The molecule has 1 atom stereocenters. The lowest BCUT2D eigenvalue weighted by Gasteiger charge is -2.36. The summed E-state index contributed by atoms with van der Waals surface area (Å²) in [6, 6.07) is 0. The lowest BCUT2D eigenvalue weighted by Crippen LogP contribution is -2.47. The van der Waals surface area contributed by atoms with E-state index in [-0.39, 0.29) is 10.8 Å². The first-order valence-electron chi connectivity index (χ1n) is 7.84. The highest BCUT2D eigenvalue weighted by Gasteiger charge is 2.49. The minimum Gasteiger partial charge on any atom is -0.448 e. The molecule has 0 bridgehead atoms. The van der Waals surface area contributed by atoms with Crippen LogP contribution in [0.15, 0.2) is 6.20 Å². The summed E-state index contributed by atoms with van der Waals surface area (Å²) in [5.74, 6) is 0.906. The number of benzene rings is 1. The molecule has 0 aliphatic carbocycles. The Morgan fingerprint density at radius 2 is 1.64 bits per heavy atom. The third kappa shape index (κ3) is 1.93. The molecule has 0 radical (unpaired) electrons. The van der Waals surface area contributed by atoms with E-state index in [0.717, 1.165) is 28.0 Å². The Morgan fingerprint density at radius 3 is 2.18 bits per heavy atom. The molecular weight excluding hydrogens is 276 g/mol. The average molecular weight is 302 g/mol. The lowest BCUT2D eigenvalue weighted by molar-refractivity contribution is -0.142. The van der Waals surface area contributed by atoms with E-state index in [1.807, 2.05) is 13.1 Å². The molecule has 0 saturated heterocycles. The summed E-state index contributed by atoms with van der Waals surface area (Å²) in [5.41, 5.74) is 3.12. The standard InChI is InChI=1S/C18H26N2O2/c1-10-12(16(2,3)4)11-9-19-20-13(11)15-14(10)21-18(8,22-15)17(5,6)7/h9H,1-8H3,(H,19,20). The van der Waals surface area contributed by atoms with Gasteiger partial charge in [0.1, 0.15) is 5.52 Å². The van der Waals surface area contributed by atoms with Crippen LogP contribution in [-0.2, 0) is 5.41 Å². The number of fused-ring (bicyclic) bond motifs is 3. The Hall–Kier alpha value is -1.71. The van der Waals surface area contributed by atoms with Crippen LogP contribution in [0.1, 0.15) is 59.6 Å². The predicted molar refractivity (Wildman–Crippen MR) is 88.6 cm³/mol. The van der Waals surface area contributed by atoms with E-state index >= 15 is 0 Å². The summed E-state index contributed by atoms with van der Waals surface area (Å²) in [6.07, 6.45) is 1.96. The Kier molecular flexibility index (Phi) is 2.89. The first-order chi connectivity index (χ1) is 9.96. The van der Waals surface area contributed by atoms with Crippen molar-refractivity contribution >= 4 is 10.9 Å². The van der Waals surface area contributed by atoms with E-state index in [9.17, 15) is 0 Å². The van der Waals surface area contributed by atoms with Crippen molar-refractivity contribution in [3.63, 3.8) is 0 Å². The maximum absolute atomic E-state index is 6.33. The highest BCUT2D eigenvalue weighted by atomic mass is 16.7. The van der Waals surface area contributed by atoms with Gasteiger partial charge in [0.2, 0.25) is 0 Å². The highest BCUT2D eigenvalue weighted by molar-refractivity contribution is 5.93. The third-order valence-electron chi connectivity index (χ3n) is 4.75. The molecule has 1 aromatic heterocycles. The molecule has 3 rings (SSSR count). The molecule has 2 aromatic rings. The number of rotatable bonds is 0. The van der Waals surface area contributed by atoms with Gasteiger partial charge in [-0.15, -0.1) is 0 Å². The maximum atomic E-state index is 6.33. The molecule has 0 spiro atoms. The van der Waals surface area contributed by atoms with E-state index in [1.54, 1.807) is 0 Å². The second-order valence-corrected chi connectivity index (χ2v) is 8.46. The van der Waals surface area contributed by atoms with Gasteiger partial charge < -0.3 is 9.47 Å². The van der Waals surface area contributed by atoms with Crippen LogP contribution in [-0.4, -0.2) is 16.0 Å². The fraction of sp³-hybridized carbons (Fsp3) is 0.611. The Bertz CT molecular complexity index is 747. The summed E-state index contributed by atoms with van der Waals surface area (Å²) in [6.45, 7) is 17.1. The van der Waals surface area contributed by atoms with E-state index in [4.69, 9.17) is 9.47 Å². The van der Waals surface area contributed by atoms with Gasteiger partial charge in [0, 0.05) is 23.9 Å². The van der Waals surface area contributed by atoms with E-state index in [0.29, 0.717) is 0 Å². The number of hydrogen-bond acceptors (Lipinski definition) is 3. The van der Waals surface area contributed by atoms with Crippen LogP contribution in [0.3, 0.4) is 0 Å². The Labute approximate surface area is 132 Å². The summed E-state index contributed by atoms with van der Waals surface area (Å²) in [5, 5.41) is 8.53. The SMILES string of the molecule is Cc1c2c(c3n[nH]cc3c1C(C)(C)C)OC(C)(C(C)(C)C)O2. The summed E-state index contributed by atoms with van der Waals surface area (Å²) in [4.78, 5) is 0. The summed E-state index contributed by atoms with van der Waals surface area (Å²) >= 11 is 0. The first kappa shape index (κ1) is 15.2. The molecule has 1 aromatic carbocycles. The Morgan fingerprint density at radius 1 is 1.05 bits per heavy atom. The topological polar surface area (TPSA) is 47.1 Å². The van der Waals surface area contributed by atoms with Crippen LogP contribution in [0.25, 0.3) is 10.9 Å². The zero-order chi connectivity index (χ0) is 16.5. The number of H-pyrrole nitrogens is 1. The van der Waals surface area contributed by atoms with Crippen molar-refractivity contribution < 1.29 is 9.47 Å². The monoisotopic (exact) mass is 302 g/mol. The number of aromatic amines is 1. The zero-order valence-electron chi connectivity index (χ0n) is 14.8. The summed E-state index contributed by atoms with van der Waals surface area (Å²) in [7, 11) is 0. The molecule has 4 heteroatoms. The molecule has 0 saturated carbocycles. The predicted octanol–water partition coefficient (Wildman–Crippen LogP) is 4.70. The molecule has 0 fully saturated rings. The maximum Gasteiger partial charge on any atom is 0.253 e. The van der Waals surface area contributed by atoms with Gasteiger partial charge in [0.15, 0.2) is 11.5 Å². The Balaban J connectivity index is 2.31. The largest absolute Gasteiger partial charge is 0.448 e. The van der Waals surface area contributed by atoms with Crippen LogP contribution < -0.4 is 9.47 Å². The van der Waals surface area contributed by atoms with Crippen molar-refractivity contribution in [2.24, 2.45) is 5.41 Å². The van der Waals surface area contributed by atoms with Crippen LogP contribution in [0.5, 0.6) is 11.5 Å². The molecular formula is C18H26N2O2. The van der Waals surface area contributed by atoms with Gasteiger partial charge >= 0.3 is 0 Å². The molecule has 1 unspecified atom stereocenters. The van der Waals surface area contributed by atoms with Crippen molar-refractivity contribution in [2.75, 3.05) is 0 Å². The molecule has 120 valence electrons. The van der Waals surface area contributed by atoms with Crippen molar-refractivity contribution in [3.8, 4) is 11.5 Å². The minimum atomic E-state index is -0.692. The van der Waals surface area contributed by atoms with Gasteiger partial charge in [-0.25, -0.2) is 0 Å². The quantitative estimate of drug-likeness (QED) is 0.767. The van der Waals surface area contributed by atoms with Crippen LogP contribution in [0.4, 0.5) is 0 Å². The van der Waals surface area contributed by atoms with Crippen molar-refractivity contribution in [3.05, 3.63) is 17.3 Å². The number of nitrogens with one attached hydrogen (secondary N) is 1. The summed E-state index contributed by atoms with van der Waals surface area (Å²) < 4.78 is 12.6. The van der Waals surface area contributed by atoms with E-state index in [2.05, 4.69) is 58.7 Å². The lowest BCUT2D eigenvalue weighted by atomic mass is 9.81. The molecule has 4 nitrogen and oxygen atoms in total. The number of ether oxygens (including phenoxy) is 2. The van der Waals surface area contributed by atoms with Gasteiger partial charge in [-0.2, -0.15) is 5.10 Å². The van der Waals surface area contributed by atoms with E-state index < -0.39 is 5.79 Å². The zero-order valence-corrected chi connectivity index (χ0v) is 14.8. The second kappa shape index (κ2) is 4.18. The molecule has 0 amide bonds. The van der Waals surface area contributed by atoms with Crippen LogP contribution in [0.2, 0.25) is 0 Å². The fourth-order valence-electron chi connectivity index (χ4n) is 3.15. The van der Waals surface area contributed by atoms with Crippen molar-refractivity contribution in [1.82, 2.24) is 10.2 Å². The number of aromatic nitrogens is 2. The molecule has 22 heavy (non-hydrogen) atoms. The average Bonchev–Trinajstić information content (AvgIpc) is 2.90. The number of hydrogen-bond donors (Lipinski definition) is 1. The minimum absolute atomic E-state index is 0.00528. The highest BCUT2D eigenvalue weighted by Crippen LogP contribution is 2.53. The number of nitrogens with zero attached hydrogens (tertiary/aromatic N) is 1. The van der Waals surface area contributed by atoms with Gasteiger partial charge in [0.05, 0.1) is 0 Å². The molecule has 1 aliphatic rings. The molecule has 2 heterocycles. The van der Waals surface area contributed by atoms with Gasteiger partial charge in [-0.3, -0.25) is 5.10 Å². The van der Waals surface area contributed by atoms with Gasteiger partial charge in [-0.05, 0) is 23.5 Å². The van der Waals surface area contributed by atoms with Gasteiger partial charge in [-0.1, -0.05) is 41.5 Å². The van der Waals surface area contributed by atoms with Crippen LogP contribution >= 0.6 is 0 Å². The van der Waals surface area contributed by atoms with E-state index in [1.165, 1.54) is 5.56 Å². The normalized spacial score (nSPS) is 21.6. The third-order valence-corrected chi connectivity index (χ3v) is 4.75. The van der Waals surface area contributed by atoms with Crippen molar-refractivity contribution in [1.29, 1.82) is 0 Å². The van der Waals surface area contributed by atoms with Gasteiger partial charge in [0.25, 0.3) is 5.79 Å². The van der Waals surface area contributed by atoms with Crippen molar-refractivity contribution in [2.45, 2.75) is 66.6 Å².